The van der Waals surface area contributed by atoms with Crippen LogP contribution in [0, 0.1) is 0 Å². The Hall–Kier alpha value is -3.14. The number of hydrogen-bond acceptors (Lipinski definition) is 2. The Kier molecular flexibility index (Phi) is 11.4. The van der Waals surface area contributed by atoms with Crippen LogP contribution in [0.2, 0.25) is 0 Å². The van der Waals surface area contributed by atoms with Crippen LogP contribution in [0.4, 0.5) is 0 Å². The maximum atomic E-state index is 11.8. The SMILES string of the molecule is O=C(/C=C/c1ccccc1)NCCCCCCCCNC(=O)/C=C/c1ccccc1. The maximum absolute atomic E-state index is 11.8. The third kappa shape index (κ3) is 11.0. The predicted octanol–water partition coefficient (Wildman–Crippen LogP) is 4.99. The Balaban J connectivity index is 1.40. The van der Waals surface area contributed by atoms with Crippen LogP contribution in [0.25, 0.3) is 12.2 Å². The lowest BCUT2D eigenvalue weighted by Crippen LogP contribution is -2.22. The Morgan fingerprint density at radius 2 is 0.933 bits per heavy atom. The van der Waals surface area contributed by atoms with Gasteiger partial charge in [-0.05, 0) is 36.1 Å². The van der Waals surface area contributed by atoms with E-state index in [9.17, 15) is 9.59 Å². The van der Waals surface area contributed by atoms with Gasteiger partial charge in [-0.3, -0.25) is 9.59 Å². The topological polar surface area (TPSA) is 58.2 Å². The highest BCUT2D eigenvalue weighted by molar-refractivity contribution is 5.92. The lowest BCUT2D eigenvalue weighted by Gasteiger charge is -2.04. The van der Waals surface area contributed by atoms with Gasteiger partial charge in [0.05, 0.1) is 0 Å². The van der Waals surface area contributed by atoms with Crippen molar-refractivity contribution in [1.82, 2.24) is 10.6 Å². The van der Waals surface area contributed by atoms with E-state index in [4.69, 9.17) is 0 Å². The van der Waals surface area contributed by atoms with Gasteiger partial charge in [0.1, 0.15) is 0 Å². The van der Waals surface area contributed by atoms with Crippen molar-refractivity contribution in [2.45, 2.75) is 38.5 Å². The molecule has 2 aromatic rings. The summed E-state index contributed by atoms with van der Waals surface area (Å²) < 4.78 is 0. The predicted molar refractivity (Wildman–Crippen MR) is 125 cm³/mol. The highest BCUT2D eigenvalue weighted by Crippen LogP contribution is 2.05. The maximum Gasteiger partial charge on any atom is 0.243 e. The van der Waals surface area contributed by atoms with Crippen LogP contribution in [0.5, 0.6) is 0 Å². The second-order valence-electron chi connectivity index (χ2n) is 7.19. The van der Waals surface area contributed by atoms with Crippen molar-refractivity contribution in [3.63, 3.8) is 0 Å². The van der Waals surface area contributed by atoms with E-state index in [0.29, 0.717) is 13.1 Å². The van der Waals surface area contributed by atoms with Crippen LogP contribution >= 0.6 is 0 Å². The fourth-order valence-electron chi connectivity index (χ4n) is 2.97. The van der Waals surface area contributed by atoms with Crippen molar-refractivity contribution in [1.29, 1.82) is 0 Å². The van der Waals surface area contributed by atoms with Gasteiger partial charge < -0.3 is 10.6 Å². The molecule has 0 atom stereocenters. The van der Waals surface area contributed by atoms with Gasteiger partial charge in [-0.25, -0.2) is 0 Å². The highest BCUT2D eigenvalue weighted by atomic mass is 16.2. The second-order valence-corrected chi connectivity index (χ2v) is 7.19. The molecule has 0 saturated heterocycles. The Bertz CT molecular complexity index is 729. The zero-order valence-electron chi connectivity index (χ0n) is 17.6. The third-order valence-electron chi connectivity index (χ3n) is 4.66. The summed E-state index contributed by atoms with van der Waals surface area (Å²) in [5.74, 6) is -0.0909. The lowest BCUT2D eigenvalue weighted by atomic mass is 10.1. The first kappa shape index (κ1) is 23.1. The minimum Gasteiger partial charge on any atom is -0.353 e. The molecule has 0 heterocycles. The van der Waals surface area contributed by atoms with Crippen LogP contribution in [0.15, 0.2) is 72.8 Å². The van der Waals surface area contributed by atoms with Gasteiger partial charge in [0, 0.05) is 25.2 Å². The molecule has 0 bridgehead atoms. The molecule has 30 heavy (non-hydrogen) atoms. The summed E-state index contributed by atoms with van der Waals surface area (Å²) in [5.41, 5.74) is 2.05. The number of benzene rings is 2. The van der Waals surface area contributed by atoms with Crippen LogP contribution in [-0.2, 0) is 9.59 Å². The number of nitrogens with one attached hydrogen (secondary N) is 2. The Labute approximate surface area is 180 Å². The van der Waals surface area contributed by atoms with E-state index in [1.165, 1.54) is 0 Å². The number of amides is 2. The number of carbonyl (C=O) groups is 2. The number of rotatable bonds is 13. The summed E-state index contributed by atoms with van der Waals surface area (Å²) in [7, 11) is 0. The average molecular weight is 405 g/mol. The van der Waals surface area contributed by atoms with Gasteiger partial charge in [0.2, 0.25) is 11.8 Å². The molecule has 2 N–H and O–H groups in total. The minimum absolute atomic E-state index is 0.0455. The van der Waals surface area contributed by atoms with Crippen molar-refractivity contribution in [2.75, 3.05) is 13.1 Å². The number of unbranched alkanes of at least 4 members (excludes halogenated alkanes) is 5. The van der Waals surface area contributed by atoms with Gasteiger partial charge in [0.15, 0.2) is 0 Å². The molecule has 0 aromatic heterocycles. The standard InChI is InChI=1S/C26H32N2O2/c29-25(19-17-23-13-7-5-8-14-23)27-21-11-3-1-2-4-12-22-28-26(30)20-18-24-15-9-6-10-16-24/h5-10,13-20H,1-4,11-12,21-22H2,(H,27,29)(H,28,30)/b19-17+,20-18+. The highest BCUT2D eigenvalue weighted by Gasteiger charge is 1.97. The van der Waals surface area contributed by atoms with E-state index in [1.807, 2.05) is 72.8 Å². The summed E-state index contributed by atoms with van der Waals surface area (Å²) in [6.07, 6.45) is 13.3. The van der Waals surface area contributed by atoms with Gasteiger partial charge in [-0.15, -0.1) is 0 Å². The molecule has 2 aromatic carbocycles. The van der Waals surface area contributed by atoms with Crippen LogP contribution in [0.1, 0.15) is 49.7 Å². The third-order valence-corrected chi connectivity index (χ3v) is 4.66. The van der Waals surface area contributed by atoms with E-state index in [-0.39, 0.29) is 11.8 Å². The average Bonchev–Trinajstić information content (AvgIpc) is 2.79. The van der Waals surface area contributed by atoms with Gasteiger partial charge in [0.25, 0.3) is 0 Å². The molecular weight excluding hydrogens is 372 g/mol. The fraction of sp³-hybridized carbons (Fsp3) is 0.308. The molecule has 0 radical (unpaired) electrons. The summed E-state index contributed by atoms with van der Waals surface area (Å²) in [6.45, 7) is 1.42. The molecule has 4 nitrogen and oxygen atoms in total. The molecular formula is C26H32N2O2. The van der Waals surface area contributed by atoms with E-state index in [1.54, 1.807) is 12.2 Å². The summed E-state index contributed by atoms with van der Waals surface area (Å²) in [6, 6.07) is 19.6. The van der Waals surface area contributed by atoms with Gasteiger partial charge in [-0.2, -0.15) is 0 Å². The van der Waals surface area contributed by atoms with Crippen LogP contribution < -0.4 is 10.6 Å². The minimum atomic E-state index is -0.0455. The van der Waals surface area contributed by atoms with E-state index in [0.717, 1.165) is 49.7 Å². The smallest absolute Gasteiger partial charge is 0.243 e. The first-order chi connectivity index (χ1) is 14.7. The van der Waals surface area contributed by atoms with Gasteiger partial charge >= 0.3 is 0 Å². The van der Waals surface area contributed by atoms with Crippen molar-refractivity contribution in [2.24, 2.45) is 0 Å². The molecule has 0 fully saturated rings. The molecule has 0 unspecified atom stereocenters. The largest absolute Gasteiger partial charge is 0.353 e. The lowest BCUT2D eigenvalue weighted by molar-refractivity contribution is -0.117. The van der Waals surface area contributed by atoms with E-state index >= 15 is 0 Å². The summed E-state index contributed by atoms with van der Waals surface area (Å²) in [4.78, 5) is 23.5. The van der Waals surface area contributed by atoms with Crippen molar-refractivity contribution in [3.05, 3.63) is 83.9 Å². The first-order valence-electron chi connectivity index (χ1n) is 10.8. The molecule has 158 valence electrons. The zero-order chi connectivity index (χ0) is 21.3. The monoisotopic (exact) mass is 404 g/mol. The summed E-state index contributed by atoms with van der Waals surface area (Å²) in [5, 5.41) is 5.84. The Morgan fingerprint density at radius 3 is 1.33 bits per heavy atom. The van der Waals surface area contributed by atoms with Crippen molar-refractivity contribution < 1.29 is 9.59 Å². The number of carbonyl (C=O) groups excluding carboxylic acids is 2. The molecule has 0 aliphatic carbocycles. The molecule has 0 spiro atoms. The van der Waals surface area contributed by atoms with Crippen molar-refractivity contribution in [3.8, 4) is 0 Å². The molecule has 2 amide bonds. The van der Waals surface area contributed by atoms with E-state index in [2.05, 4.69) is 10.6 Å². The van der Waals surface area contributed by atoms with E-state index < -0.39 is 0 Å². The molecule has 0 aliphatic rings. The number of hydrogen-bond donors (Lipinski definition) is 2. The molecule has 0 aliphatic heterocycles. The Morgan fingerprint density at radius 1 is 0.567 bits per heavy atom. The van der Waals surface area contributed by atoms with Crippen LogP contribution in [0.3, 0.4) is 0 Å². The summed E-state index contributed by atoms with van der Waals surface area (Å²) >= 11 is 0. The molecule has 2 rings (SSSR count). The van der Waals surface area contributed by atoms with Crippen LogP contribution in [-0.4, -0.2) is 24.9 Å². The molecule has 4 heteroatoms. The normalized spacial score (nSPS) is 11.1. The fourth-order valence-corrected chi connectivity index (χ4v) is 2.97. The molecule has 0 saturated carbocycles. The second kappa shape index (κ2) is 14.8. The first-order valence-corrected chi connectivity index (χ1v) is 10.8. The quantitative estimate of drug-likeness (QED) is 0.365. The zero-order valence-corrected chi connectivity index (χ0v) is 17.6. The van der Waals surface area contributed by atoms with Crippen molar-refractivity contribution >= 4 is 24.0 Å². The van der Waals surface area contributed by atoms with Gasteiger partial charge in [-0.1, -0.05) is 86.3 Å².